The maximum atomic E-state index is 11.4. The van der Waals surface area contributed by atoms with E-state index in [9.17, 15) is 9.59 Å². The van der Waals surface area contributed by atoms with Gasteiger partial charge in [-0.2, -0.15) is 5.10 Å². The number of carbonyl (C=O) groups excluding carboxylic acids is 2. The van der Waals surface area contributed by atoms with Gasteiger partial charge in [0.05, 0.1) is 6.54 Å². The highest BCUT2D eigenvalue weighted by Crippen LogP contribution is 2.07. The van der Waals surface area contributed by atoms with Gasteiger partial charge in [-0.3, -0.25) is 19.7 Å². The molecular weight excluding hydrogens is 258 g/mol. The van der Waals surface area contributed by atoms with Gasteiger partial charge in [-0.05, 0) is 23.8 Å². The lowest BCUT2D eigenvalue weighted by molar-refractivity contribution is 0.0947. The number of rotatable bonds is 4. The molecule has 0 aliphatic heterocycles. The number of nitrogens with zero attached hydrogens (tertiary/aromatic N) is 2. The fourth-order valence-corrected chi connectivity index (χ4v) is 1.78. The van der Waals surface area contributed by atoms with E-state index in [4.69, 9.17) is 5.84 Å². The first-order chi connectivity index (χ1) is 9.63. The number of nitrogen functional groups attached to an aromatic ring is 1. The van der Waals surface area contributed by atoms with Crippen LogP contribution in [0.1, 0.15) is 26.4 Å². The molecule has 4 N–H and O–H groups in total. The number of benzene rings is 1. The van der Waals surface area contributed by atoms with E-state index in [2.05, 4.69) is 15.8 Å². The topological polar surface area (TPSA) is 102 Å². The summed E-state index contributed by atoms with van der Waals surface area (Å²) in [6.45, 7) is 0.461. The predicted octanol–water partition coefficient (Wildman–Crippen LogP) is -0.105. The Bertz CT molecular complexity index is 635. The molecule has 0 aliphatic rings. The lowest BCUT2D eigenvalue weighted by Gasteiger charge is -2.05. The number of nitrogens with two attached hydrogens (primary N) is 1. The lowest BCUT2D eigenvalue weighted by Crippen LogP contribution is -2.30. The number of amides is 2. The molecule has 0 fully saturated rings. The van der Waals surface area contributed by atoms with E-state index in [0.717, 1.165) is 5.56 Å². The third kappa shape index (κ3) is 3.01. The van der Waals surface area contributed by atoms with Crippen molar-refractivity contribution in [1.82, 2.24) is 20.5 Å². The molecule has 0 bridgehead atoms. The molecule has 0 radical (unpaired) electrons. The van der Waals surface area contributed by atoms with Crippen molar-refractivity contribution in [3.8, 4) is 0 Å². The van der Waals surface area contributed by atoms with Gasteiger partial charge in [-0.25, -0.2) is 5.84 Å². The first kappa shape index (κ1) is 13.8. The van der Waals surface area contributed by atoms with Crippen LogP contribution in [0.3, 0.4) is 0 Å². The highest BCUT2D eigenvalue weighted by atomic mass is 16.2. The molecule has 2 amide bonds. The molecule has 0 aliphatic carbocycles. The Morgan fingerprint density at radius 3 is 2.80 bits per heavy atom. The second-order valence-electron chi connectivity index (χ2n) is 4.15. The average Bonchev–Trinajstić information content (AvgIpc) is 2.94. The van der Waals surface area contributed by atoms with Crippen LogP contribution in [-0.4, -0.2) is 28.6 Å². The van der Waals surface area contributed by atoms with Crippen LogP contribution in [0.15, 0.2) is 36.5 Å². The van der Waals surface area contributed by atoms with Crippen molar-refractivity contribution in [3.05, 3.63) is 53.3 Å². The number of hydrogen-bond donors (Lipinski definition) is 3. The van der Waals surface area contributed by atoms with Crippen molar-refractivity contribution >= 4 is 11.8 Å². The molecule has 0 atom stereocenters. The summed E-state index contributed by atoms with van der Waals surface area (Å²) in [4.78, 5) is 22.8. The summed E-state index contributed by atoms with van der Waals surface area (Å²) < 4.78 is 1.63. The summed E-state index contributed by atoms with van der Waals surface area (Å²) in [7, 11) is 1.55. The first-order valence-corrected chi connectivity index (χ1v) is 5.99. The molecule has 7 heteroatoms. The number of hydrogen-bond acceptors (Lipinski definition) is 4. The highest BCUT2D eigenvalue weighted by Gasteiger charge is 2.08. The quantitative estimate of drug-likeness (QED) is 0.411. The molecule has 0 saturated heterocycles. The summed E-state index contributed by atoms with van der Waals surface area (Å²) >= 11 is 0. The fourth-order valence-electron chi connectivity index (χ4n) is 1.78. The van der Waals surface area contributed by atoms with Gasteiger partial charge in [0.2, 0.25) is 0 Å². The Kier molecular flexibility index (Phi) is 4.11. The number of hydrazine groups is 1. The monoisotopic (exact) mass is 273 g/mol. The highest BCUT2D eigenvalue weighted by molar-refractivity contribution is 5.93. The van der Waals surface area contributed by atoms with E-state index < -0.39 is 0 Å². The molecule has 2 rings (SSSR count). The summed E-state index contributed by atoms with van der Waals surface area (Å²) in [5.41, 5.74) is 3.80. The summed E-state index contributed by atoms with van der Waals surface area (Å²) in [6, 6.07) is 8.67. The minimum Gasteiger partial charge on any atom is -0.354 e. The Balaban J connectivity index is 2.16. The average molecular weight is 273 g/mol. The van der Waals surface area contributed by atoms with E-state index in [0.29, 0.717) is 17.8 Å². The van der Waals surface area contributed by atoms with Gasteiger partial charge >= 0.3 is 0 Å². The maximum Gasteiger partial charge on any atom is 0.271 e. The molecule has 20 heavy (non-hydrogen) atoms. The van der Waals surface area contributed by atoms with Crippen LogP contribution in [0.25, 0.3) is 0 Å². The Morgan fingerprint density at radius 2 is 2.10 bits per heavy atom. The van der Waals surface area contributed by atoms with Crippen molar-refractivity contribution < 1.29 is 9.59 Å². The molecule has 0 saturated carbocycles. The van der Waals surface area contributed by atoms with Crippen LogP contribution >= 0.6 is 0 Å². The molecule has 104 valence electrons. The van der Waals surface area contributed by atoms with E-state index in [-0.39, 0.29) is 11.8 Å². The maximum absolute atomic E-state index is 11.4. The van der Waals surface area contributed by atoms with Gasteiger partial charge in [0.15, 0.2) is 0 Å². The van der Waals surface area contributed by atoms with Crippen LogP contribution in [0.4, 0.5) is 0 Å². The van der Waals surface area contributed by atoms with E-state index in [1.807, 2.05) is 6.07 Å². The molecular formula is C13H15N5O2. The third-order valence-electron chi connectivity index (χ3n) is 2.77. The van der Waals surface area contributed by atoms with E-state index >= 15 is 0 Å². The number of carbonyl (C=O) groups is 2. The molecule has 1 heterocycles. The molecule has 0 spiro atoms. The molecule has 2 aromatic rings. The van der Waals surface area contributed by atoms with Gasteiger partial charge in [0.1, 0.15) is 5.69 Å². The van der Waals surface area contributed by atoms with Crippen LogP contribution in [-0.2, 0) is 6.54 Å². The minimum absolute atomic E-state index is 0.236. The van der Waals surface area contributed by atoms with Crippen LogP contribution < -0.4 is 16.6 Å². The van der Waals surface area contributed by atoms with Crippen molar-refractivity contribution in [2.24, 2.45) is 5.84 Å². The summed E-state index contributed by atoms with van der Waals surface area (Å²) in [5.74, 6) is 4.51. The van der Waals surface area contributed by atoms with E-state index in [1.165, 1.54) is 0 Å². The number of nitrogens with one attached hydrogen (secondary N) is 2. The molecule has 7 nitrogen and oxygen atoms in total. The van der Waals surface area contributed by atoms with Crippen molar-refractivity contribution in [2.75, 3.05) is 7.05 Å². The van der Waals surface area contributed by atoms with Crippen molar-refractivity contribution in [3.63, 3.8) is 0 Å². The molecule has 0 unspecified atom stereocenters. The van der Waals surface area contributed by atoms with Crippen LogP contribution in [0, 0.1) is 0 Å². The standard InChI is InChI=1S/C13H15N5O2/c1-15-13(20)11-5-6-18(17-11)8-9-3-2-4-10(7-9)12(19)16-14/h2-7H,8,14H2,1H3,(H,15,20)(H,16,19). The summed E-state index contributed by atoms with van der Waals surface area (Å²) in [5, 5.41) is 6.66. The zero-order chi connectivity index (χ0) is 14.5. The van der Waals surface area contributed by atoms with Gasteiger partial charge in [-0.15, -0.1) is 0 Å². The fraction of sp³-hybridized carbons (Fsp3) is 0.154. The largest absolute Gasteiger partial charge is 0.354 e. The van der Waals surface area contributed by atoms with Gasteiger partial charge in [0.25, 0.3) is 11.8 Å². The first-order valence-electron chi connectivity index (χ1n) is 5.99. The zero-order valence-electron chi connectivity index (χ0n) is 11.0. The van der Waals surface area contributed by atoms with Gasteiger partial charge < -0.3 is 5.32 Å². The van der Waals surface area contributed by atoms with Gasteiger partial charge in [-0.1, -0.05) is 12.1 Å². The van der Waals surface area contributed by atoms with Crippen LogP contribution in [0.5, 0.6) is 0 Å². The van der Waals surface area contributed by atoms with Crippen LogP contribution in [0.2, 0.25) is 0 Å². The van der Waals surface area contributed by atoms with Crippen molar-refractivity contribution in [2.45, 2.75) is 6.54 Å². The SMILES string of the molecule is CNC(=O)c1ccn(Cc2cccc(C(=O)NN)c2)n1. The second-order valence-corrected chi connectivity index (χ2v) is 4.15. The normalized spacial score (nSPS) is 10.1. The van der Waals surface area contributed by atoms with Gasteiger partial charge in [0, 0.05) is 18.8 Å². The smallest absolute Gasteiger partial charge is 0.271 e. The Labute approximate surface area is 115 Å². The van der Waals surface area contributed by atoms with Crippen molar-refractivity contribution in [1.29, 1.82) is 0 Å². The minimum atomic E-state index is -0.349. The molecule has 1 aromatic carbocycles. The zero-order valence-corrected chi connectivity index (χ0v) is 11.0. The second kappa shape index (κ2) is 5.98. The Hall–Kier alpha value is -2.67. The molecule has 1 aromatic heterocycles. The summed E-state index contributed by atoms with van der Waals surface area (Å²) in [6.07, 6.45) is 1.71. The predicted molar refractivity (Wildman–Crippen MR) is 72.8 cm³/mol. The van der Waals surface area contributed by atoms with E-state index in [1.54, 1.807) is 42.2 Å². The number of aromatic nitrogens is 2. The third-order valence-corrected chi connectivity index (χ3v) is 2.77. The lowest BCUT2D eigenvalue weighted by atomic mass is 10.1. The Morgan fingerprint density at radius 1 is 1.30 bits per heavy atom.